The number of hydrogen-bond donors (Lipinski definition) is 3. The number of hydrogen-bond acceptors (Lipinski definition) is 4. The van der Waals surface area contributed by atoms with Gasteiger partial charge in [0.25, 0.3) is 11.8 Å². The van der Waals surface area contributed by atoms with Crippen molar-refractivity contribution in [2.45, 2.75) is 19.9 Å². The van der Waals surface area contributed by atoms with E-state index in [1.54, 1.807) is 37.5 Å². The maximum absolute atomic E-state index is 12.5. The summed E-state index contributed by atoms with van der Waals surface area (Å²) < 4.78 is 0. The van der Waals surface area contributed by atoms with Crippen LogP contribution in [0.5, 0.6) is 0 Å². The molecule has 0 spiro atoms. The number of carbonyl (C=O) groups excluding carboxylic acids is 2. The van der Waals surface area contributed by atoms with E-state index >= 15 is 0 Å². The van der Waals surface area contributed by atoms with Gasteiger partial charge in [0.05, 0.1) is 11.1 Å². The highest BCUT2D eigenvalue weighted by Crippen LogP contribution is 2.15. The largest absolute Gasteiger partial charge is 0.355 e. The second-order valence-corrected chi connectivity index (χ2v) is 5.56. The number of pyridine rings is 1. The molecule has 1 aromatic carbocycles. The SMILES string of the molecule is CCc1nc2nccc(C(=O)NCc3cccc(C(=O)NC)c3)c2[nH]1. The number of imidazole rings is 1. The van der Waals surface area contributed by atoms with Crippen LogP contribution in [0, 0.1) is 0 Å². The van der Waals surface area contributed by atoms with Gasteiger partial charge in [-0.25, -0.2) is 9.97 Å². The molecule has 128 valence electrons. The molecular formula is C18H19N5O2. The molecule has 7 nitrogen and oxygen atoms in total. The number of H-pyrrole nitrogens is 1. The molecule has 3 N–H and O–H groups in total. The Morgan fingerprint density at radius 2 is 2.04 bits per heavy atom. The molecule has 0 fully saturated rings. The Labute approximate surface area is 144 Å². The first kappa shape index (κ1) is 16.6. The van der Waals surface area contributed by atoms with Crippen molar-refractivity contribution in [1.29, 1.82) is 0 Å². The number of nitrogens with zero attached hydrogens (tertiary/aromatic N) is 2. The van der Waals surface area contributed by atoms with Gasteiger partial charge in [-0.1, -0.05) is 19.1 Å². The first-order chi connectivity index (χ1) is 12.1. The molecule has 3 aromatic rings. The molecular weight excluding hydrogens is 318 g/mol. The first-order valence-electron chi connectivity index (χ1n) is 8.05. The Hall–Kier alpha value is -3.22. The third-order valence-electron chi connectivity index (χ3n) is 3.89. The summed E-state index contributed by atoms with van der Waals surface area (Å²) in [4.78, 5) is 35.9. The number of benzene rings is 1. The molecule has 3 rings (SSSR count). The fourth-order valence-corrected chi connectivity index (χ4v) is 2.56. The molecule has 0 saturated carbocycles. The van der Waals surface area contributed by atoms with E-state index < -0.39 is 0 Å². The highest BCUT2D eigenvalue weighted by Gasteiger charge is 2.14. The third-order valence-corrected chi connectivity index (χ3v) is 3.89. The smallest absolute Gasteiger partial charge is 0.253 e. The van der Waals surface area contributed by atoms with Gasteiger partial charge in [0.15, 0.2) is 5.65 Å². The van der Waals surface area contributed by atoms with Gasteiger partial charge in [-0.05, 0) is 23.8 Å². The van der Waals surface area contributed by atoms with E-state index in [1.807, 2.05) is 13.0 Å². The van der Waals surface area contributed by atoms with Crippen LogP contribution in [0.3, 0.4) is 0 Å². The van der Waals surface area contributed by atoms with Gasteiger partial charge in [-0.3, -0.25) is 9.59 Å². The van der Waals surface area contributed by atoms with Crippen molar-refractivity contribution in [3.05, 3.63) is 59.0 Å². The second kappa shape index (κ2) is 7.12. The maximum atomic E-state index is 12.5. The van der Waals surface area contributed by atoms with Crippen LogP contribution in [-0.4, -0.2) is 33.8 Å². The third kappa shape index (κ3) is 3.50. The van der Waals surface area contributed by atoms with Crippen LogP contribution in [0.25, 0.3) is 11.2 Å². The number of aromatic amines is 1. The van der Waals surface area contributed by atoms with Crippen LogP contribution in [-0.2, 0) is 13.0 Å². The monoisotopic (exact) mass is 337 g/mol. The lowest BCUT2D eigenvalue weighted by Crippen LogP contribution is -2.23. The summed E-state index contributed by atoms with van der Waals surface area (Å²) in [7, 11) is 1.58. The lowest BCUT2D eigenvalue weighted by atomic mass is 10.1. The fourth-order valence-electron chi connectivity index (χ4n) is 2.56. The highest BCUT2D eigenvalue weighted by atomic mass is 16.2. The topological polar surface area (TPSA) is 99.8 Å². The van der Waals surface area contributed by atoms with E-state index in [2.05, 4.69) is 25.6 Å². The summed E-state index contributed by atoms with van der Waals surface area (Å²) in [5, 5.41) is 5.46. The lowest BCUT2D eigenvalue weighted by Gasteiger charge is -2.07. The predicted molar refractivity (Wildman–Crippen MR) is 94.3 cm³/mol. The van der Waals surface area contributed by atoms with Crippen LogP contribution in [0.2, 0.25) is 0 Å². The minimum absolute atomic E-state index is 0.159. The molecule has 0 atom stereocenters. The van der Waals surface area contributed by atoms with Crippen LogP contribution in [0.1, 0.15) is 39.0 Å². The summed E-state index contributed by atoms with van der Waals surface area (Å²) >= 11 is 0. The Balaban J connectivity index is 1.77. The predicted octanol–water partition coefficient (Wildman–Crippen LogP) is 1.81. The Kier molecular flexibility index (Phi) is 4.74. The van der Waals surface area contributed by atoms with Crippen molar-refractivity contribution in [3.63, 3.8) is 0 Å². The summed E-state index contributed by atoms with van der Waals surface area (Å²) in [5.41, 5.74) is 3.07. The molecule has 0 aliphatic heterocycles. The number of carbonyl (C=O) groups is 2. The van der Waals surface area contributed by atoms with Gasteiger partial charge in [-0.15, -0.1) is 0 Å². The first-order valence-corrected chi connectivity index (χ1v) is 8.05. The van der Waals surface area contributed by atoms with E-state index in [1.165, 1.54) is 0 Å². The minimum atomic E-state index is -0.218. The van der Waals surface area contributed by atoms with Gasteiger partial charge < -0.3 is 15.6 Å². The second-order valence-electron chi connectivity index (χ2n) is 5.56. The molecule has 2 aromatic heterocycles. The maximum Gasteiger partial charge on any atom is 0.253 e. The van der Waals surface area contributed by atoms with E-state index in [4.69, 9.17) is 0 Å². The van der Waals surface area contributed by atoms with E-state index in [9.17, 15) is 9.59 Å². The van der Waals surface area contributed by atoms with E-state index in [0.29, 0.717) is 28.8 Å². The molecule has 7 heteroatoms. The van der Waals surface area contributed by atoms with Crippen molar-refractivity contribution in [2.24, 2.45) is 0 Å². The number of fused-ring (bicyclic) bond motifs is 1. The average Bonchev–Trinajstić information content (AvgIpc) is 3.09. The molecule has 0 aliphatic rings. The summed E-state index contributed by atoms with van der Waals surface area (Å²) in [6.07, 6.45) is 2.31. The van der Waals surface area contributed by atoms with Crippen molar-refractivity contribution in [3.8, 4) is 0 Å². The number of rotatable bonds is 5. The zero-order valence-electron chi connectivity index (χ0n) is 14.1. The molecule has 0 unspecified atom stereocenters. The van der Waals surface area contributed by atoms with Crippen molar-refractivity contribution < 1.29 is 9.59 Å². The van der Waals surface area contributed by atoms with Crippen molar-refractivity contribution >= 4 is 23.0 Å². The number of aromatic nitrogens is 3. The van der Waals surface area contributed by atoms with Gasteiger partial charge in [-0.2, -0.15) is 0 Å². The standard InChI is InChI=1S/C18H19N5O2/c1-3-14-22-15-13(7-8-20-16(15)23-14)18(25)21-10-11-5-4-6-12(9-11)17(24)19-2/h4-9H,3,10H2,1-2H3,(H,19,24)(H,21,25)(H,20,22,23). The lowest BCUT2D eigenvalue weighted by molar-refractivity contribution is 0.0949. The zero-order chi connectivity index (χ0) is 17.8. The van der Waals surface area contributed by atoms with Gasteiger partial charge in [0.1, 0.15) is 5.82 Å². The fraction of sp³-hybridized carbons (Fsp3) is 0.222. The summed E-state index contributed by atoms with van der Waals surface area (Å²) in [6, 6.07) is 8.80. The molecule has 0 aliphatic carbocycles. The van der Waals surface area contributed by atoms with Gasteiger partial charge >= 0.3 is 0 Å². The van der Waals surface area contributed by atoms with E-state index in [0.717, 1.165) is 17.8 Å². The van der Waals surface area contributed by atoms with Crippen LogP contribution in [0.15, 0.2) is 36.5 Å². The summed E-state index contributed by atoms with van der Waals surface area (Å²) in [5.74, 6) is 0.415. The zero-order valence-corrected chi connectivity index (χ0v) is 14.1. The molecule has 0 bridgehead atoms. The van der Waals surface area contributed by atoms with Crippen LogP contribution >= 0.6 is 0 Å². The molecule has 2 heterocycles. The van der Waals surface area contributed by atoms with Crippen LogP contribution < -0.4 is 10.6 Å². The van der Waals surface area contributed by atoms with Crippen molar-refractivity contribution in [1.82, 2.24) is 25.6 Å². The highest BCUT2D eigenvalue weighted by molar-refractivity contribution is 6.04. The Morgan fingerprint density at radius 1 is 1.20 bits per heavy atom. The Bertz CT molecular complexity index is 932. The average molecular weight is 337 g/mol. The molecule has 2 amide bonds. The molecule has 0 saturated heterocycles. The van der Waals surface area contributed by atoms with Crippen LogP contribution in [0.4, 0.5) is 0 Å². The number of aryl methyl sites for hydroxylation is 1. The Morgan fingerprint density at radius 3 is 2.80 bits per heavy atom. The van der Waals surface area contributed by atoms with Gasteiger partial charge in [0, 0.05) is 31.8 Å². The normalized spacial score (nSPS) is 10.6. The summed E-state index contributed by atoms with van der Waals surface area (Å²) in [6.45, 7) is 2.30. The quantitative estimate of drug-likeness (QED) is 0.661. The number of nitrogens with one attached hydrogen (secondary N) is 3. The molecule has 0 radical (unpaired) electrons. The van der Waals surface area contributed by atoms with E-state index in [-0.39, 0.29) is 11.8 Å². The molecule has 25 heavy (non-hydrogen) atoms. The van der Waals surface area contributed by atoms with Crippen molar-refractivity contribution in [2.75, 3.05) is 7.05 Å². The van der Waals surface area contributed by atoms with Gasteiger partial charge in [0.2, 0.25) is 0 Å². The minimum Gasteiger partial charge on any atom is -0.355 e. The number of amides is 2.